The summed E-state index contributed by atoms with van der Waals surface area (Å²) in [4.78, 5) is 14.3. The number of nitriles is 1. The minimum Gasteiger partial charge on any atom is -0.305 e. The number of carbonyl (C=O) groups excluding carboxylic acids is 1. The van der Waals surface area contributed by atoms with E-state index in [9.17, 15) is 4.79 Å². The molecule has 6 heteroatoms. The highest BCUT2D eigenvalue weighted by Crippen LogP contribution is 2.29. The molecule has 0 saturated carbocycles. The standard InChI is InChI=1S/C14H14N4OS/c15-7-10-8-16-18-13(10)17-14(19)12-6-9-4-2-1-3-5-11(9)20-12/h6,8H,1-5H2,(H2,16,17,18,19). The minimum atomic E-state index is -0.177. The predicted molar refractivity (Wildman–Crippen MR) is 76.8 cm³/mol. The fourth-order valence-corrected chi connectivity index (χ4v) is 3.57. The quantitative estimate of drug-likeness (QED) is 0.833. The molecule has 102 valence electrons. The first-order valence-electron chi connectivity index (χ1n) is 6.64. The van der Waals surface area contributed by atoms with Crippen LogP contribution in [0.15, 0.2) is 12.3 Å². The van der Waals surface area contributed by atoms with Gasteiger partial charge in [0.15, 0.2) is 0 Å². The van der Waals surface area contributed by atoms with Crippen LogP contribution >= 0.6 is 11.3 Å². The molecule has 0 spiro atoms. The zero-order valence-corrected chi connectivity index (χ0v) is 11.7. The van der Waals surface area contributed by atoms with Crippen LogP contribution in [0.4, 0.5) is 5.82 Å². The normalized spacial score (nSPS) is 14.2. The van der Waals surface area contributed by atoms with Crippen LogP contribution in [0.25, 0.3) is 0 Å². The molecule has 0 unspecified atom stereocenters. The summed E-state index contributed by atoms with van der Waals surface area (Å²) in [6.07, 6.45) is 7.20. The Kier molecular flexibility index (Phi) is 3.52. The van der Waals surface area contributed by atoms with Crippen LogP contribution in [0.2, 0.25) is 0 Å². The third-order valence-corrected chi connectivity index (χ3v) is 4.70. The molecule has 0 bridgehead atoms. The van der Waals surface area contributed by atoms with Crippen molar-refractivity contribution in [1.29, 1.82) is 5.26 Å². The molecule has 0 aromatic carbocycles. The van der Waals surface area contributed by atoms with Crippen LogP contribution in [0.1, 0.15) is 44.9 Å². The summed E-state index contributed by atoms with van der Waals surface area (Å²) >= 11 is 1.56. The number of aryl methyl sites for hydroxylation is 2. The van der Waals surface area contributed by atoms with E-state index in [0.29, 0.717) is 16.3 Å². The number of hydrogen-bond acceptors (Lipinski definition) is 4. The highest BCUT2D eigenvalue weighted by atomic mass is 32.1. The average Bonchev–Trinajstić information content (AvgIpc) is 3.00. The molecule has 2 heterocycles. The van der Waals surface area contributed by atoms with Gasteiger partial charge in [0.25, 0.3) is 5.91 Å². The van der Waals surface area contributed by atoms with Gasteiger partial charge in [-0.2, -0.15) is 10.4 Å². The Balaban J connectivity index is 1.80. The molecule has 20 heavy (non-hydrogen) atoms. The summed E-state index contributed by atoms with van der Waals surface area (Å²) in [6.45, 7) is 0. The topological polar surface area (TPSA) is 81.6 Å². The summed E-state index contributed by atoms with van der Waals surface area (Å²) in [5.74, 6) is 0.185. The average molecular weight is 286 g/mol. The first kappa shape index (κ1) is 12.9. The Hall–Kier alpha value is -2.13. The number of aromatic amines is 1. The van der Waals surface area contributed by atoms with Crippen LogP contribution < -0.4 is 5.32 Å². The molecule has 5 nitrogen and oxygen atoms in total. The Morgan fingerprint density at radius 3 is 3.10 bits per heavy atom. The van der Waals surface area contributed by atoms with E-state index >= 15 is 0 Å². The summed E-state index contributed by atoms with van der Waals surface area (Å²) in [5.41, 5.74) is 1.65. The van der Waals surface area contributed by atoms with Crippen molar-refractivity contribution in [1.82, 2.24) is 10.2 Å². The fourth-order valence-electron chi connectivity index (χ4n) is 2.42. The van der Waals surface area contributed by atoms with E-state index in [-0.39, 0.29) is 5.91 Å². The van der Waals surface area contributed by atoms with Crippen molar-refractivity contribution >= 4 is 23.1 Å². The molecule has 2 N–H and O–H groups in total. The van der Waals surface area contributed by atoms with Gasteiger partial charge in [-0.15, -0.1) is 11.3 Å². The molecule has 0 fully saturated rings. The van der Waals surface area contributed by atoms with Crippen molar-refractivity contribution in [2.75, 3.05) is 5.32 Å². The maximum atomic E-state index is 12.2. The molecule has 0 saturated heterocycles. The number of rotatable bonds is 2. The lowest BCUT2D eigenvalue weighted by molar-refractivity contribution is 0.103. The van der Waals surface area contributed by atoms with Gasteiger partial charge in [0.1, 0.15) is 17.5 Å². The monoisotopic (exact) mass is 286 g/mol. The van der Waals surface area contributed by atoms with Crippen LogP contribution in [-0.2, 0) is 12.8 Å². The smallest absolute Gasteiger partial charge is 0.266 e. The Labute approximate surface area is 120 Å². The highest BCUT2D eigenvalue weighted by molar-refractivity contribution is 7.14. The SMILES string of the molecule is N#Cc1cn[nH]c1NC(=O)c1cc2c(s1)CCCCC2. The van der Waals surface area contributed by atoms with Crippen LogP contribution in [0.5, 0.6) is 0 Å². The molecular formula is C14H14N4OS. The van der Waals surface area contributed by atoms with Crippen LogP contribution in [0, 0.1) is 11.3 Å². The van der Waals surface area contributed by atoms with Gasteiger partial charge in [0.2, 0.25) is 0 Å². The van der Waals surface area contributed by atoms with Gasteiger partial charge < -0.3 is 5.32 Å². The second-order valence-electron chi connectivity index (χ2n) is 4.84. The number of thiophene rings is 1. The maximum absolute atomic E-state index is 12.2. The van der Waals surface area contributed by atoms with Gasteiger partial charge in [-0.3, -0.25) is 9.89 Å². The lowest BCUT2D eigenvalue weighted by Crippen LogP contribution is -2.11. The molecular weight excluding hydrogens is 272 g/mol. The number of nitrogens with one attached hydrogen (secondary N) is 2. The molecule has 0 atom stereocenters. The van der Waals surface area contributed by atoms with E-state index in [4.69, 9.17) is 5.26 Å². The van der Waals surface area contributed by atoms with Crippen LogP contribution in [-0.4, -0.2) is 16.1 Å². The lowest BCUT2D eigenvalue weighted by atomic mass is 10.1. The molecule has 0 radical (unpaired) electrons. The number of hydrogen-bond donors (Lipinski definition) is 2. The van der Waals surface area contributed by atoms with E-state index in [0.717, 1.165) is 12.8 Å². The number of fused-ring (bicyclic) bond motifs is 1. The number of anilines is 1. The summed E-state index contributed by atoms with van der Waals surface area (Å²) < 4.78 is 0. The maximum Gasteiger partial charge on any atom is 0.266 e. The van der Waals surface area contributed by atoms with Crippen molar-refractivity contribution in [3.63, 3.8) is 0 Å². The molecule has 1 aliphatic rings. The summed E-state index contributed by atoms with van der Waals surface area (Å²) in [7, 11) is 0. The highest BCUT2D eigenvalue weighted by Gasteiger charge is 2.17. The largest absolute Gasteiger partial charge is 0.305 e. The molecule has 2 aromatic rings. The number of nitrogens with zero attached hydrogens (tertiary/aromatic N) is 2. The van der Waals surface area contributed by atoms with E-state index in [1.165, 1.54) is 35.9 Å². The first-order valence-corrected chi connectivity index (χ1v) is 7.46. The Bertz CT molecular complexity index is 656. The van der Waals surface area contributed by atoms with Gasteiger partial charge in [-0.25, -0.2) is 0 Å². The third kappa shape index (κ3) is 2.45. The summed E-state index contributed by atoms with van der Waals surface area (Å²) in [6, 6.07) is 3.97. The van der Waals surface area contributed by atoms with Gasteiger partial charge in [0.05, 0.1) is 11.1 Å². The van der Waals surface area contributed by atoms with Gasteiger partial charge in [-0.1, -0.05) is 6.42 Å². The fraction of sp³-hybridized carbons (Fsp3) is 0.357. The second-order valence-corrected chi connectivity index (χ2v) is 5.98. The zero-order chi connectivity index (χ0) is 13.9. The van der Waals surface area contributed by atoms with Crippen molar-refractivity contribution in [3.8, 4) is 6.07 Å². The van der Waals surface area contributed by atoms with E-state index < -0.39 is 0 Å². The van der Waals surface area contributed by atoms with Crippen molar-refractivity contribution in [2.24, 2.45) is 0 Å². The van der Waals surface area contributed by atoms with Crippen molar-refractivity contribution < 1.29 is 4.79 Å². The van der Waals surface area contributed by atoms with Gasteiger partial charge >= 0.3 is 0 Å². The Morgan fingerprint density at radius 1 is 1.40 bits per heavy atom. The Morgan fingerprint density at radius 2 is 2.25 bits per heavy atom. The van der Waals surface area contributed by atoms with Gasteiger partial charge in [0, 0.05) is 4.88 Å². The molecule has 1 amide bonds. The van der Waals surface area contributed by atoms with Crippen molar-refractivity contribution in [2.45, 2.75) is 32.1 Å². The predicted octanol–water partition coefficient (Wildman–Crippen LogP) is 2.86. The van der Waals surface area contributed by atoms with E-state index in [1.807, 2.05) is 12.1 Å². The van der Waals surface area contributed by atoms with Gasteiger partial charge in [-0.05, 0) is 37.3 Å². The molecule has 3 rings (SSSR count). The number of amides is 1. The number of carbonyl (C=O) groups is 1. The zero-order valence-electron chi connectivity index (χ0n) is 10.9. The van der Waals surface area contributed by atoms with Crippen molar-refractivity contribution in [3.05, 3.63) is 33.1 Å². The van der Waals surface area contributed by atoms with E-state index in [2.05, 4.69) is 15.5 Å². The molecule has 2 aromatic heterocycles. The summed E-state index contributed by atoms with van der Waals surface area (Å²) in [5, 5.41) is 18.0. The number of H-pyrrole nitrogens is 1. The number of aromatic nitrogens is 2. The second kappa shape index (κ2) is 5.47. The lowest BCUT2D eigenvalue weighted by Gasteiger charge is -2.00. The molecule has 1 aliphatic carbocycles. The van der Waals surface area contributed by atoms with E-state index in [1.54, 1.807) is 11.3 Å². The van der Waals surface area contributed by atoms with Crippen LogP contribution in [0.3, 0.4) is 0 Å². The first-order chi connectivity index (χ1) is 9.78. The minimum absolute atomic E-state index is 0.177. The third-order valence-electron chi connectivity index (χ3n) is 3.47. The molecule has 0 aliphatic heterocycles.